The SMILES string of the molecule is Cc1ccccc1-c1nnc(SCC(=O)Nc2ccc(Br)c(Br)c2)o1. The van der Waals surface area contributed by atoms with E-state index in [0.29, 0.717) is 16.8 Å². The second kappa shape index (κ2) is 8.16. The van der Waals surface area contributed by atoms with Crippen LogP contribution in [-0.2, 0) is 4.79 Å². The van der Waals surface area contributed by atoms with Gasteiger partial charge in [0.1, 0.15) is 0 Å². The molecule has 1 N–H and O–H groups in total. The number of aryl methyl sites for hydroxylation is 1. The van der Waals surface area contributed by atoms with Gasteiger partial charge in [-0.05, 0) is 68.6 Å². The molecule has 25 heavy (non-hydrogen) atoms. The van der Waals surface area contributed by atoms with Gasteiger partial charge in [0.25, 0.3) is 5.22 Å². The Hall–Kier alpha value is -1.64. The largest absolute Gasteiger partial charge is 0.411 e. The van der Waals surface area contributed by atoms with Crippen LogP contribution in [0.25, 0.3) is 11.5 Å². The Kier molecular flexibility index (Phi) is 5.93. The summed E-state index contributed by atoms with van der Waals surface area (Å²) in [5.74, 6) is 0.496. The van der Waals surface area contributed by atoms with E-state index in [2.05, 4.69) is 47.4 Å². The Balaban J connectivity index is 1.59. The van der Waals surface area contributed by atoms with Crippen molar-refractivity contribution in [3.05, 3.63) is 57.0 Å². The van der Waals surface area contributed by atoms with Crippen LogP contribution >= 0.6 is 43.6 Å². The molecule has 5 nitrogen and oxygen atoms in total. The first kappa shape index (κ1) is 18.2. The van der Waals surface area contributed by atoms with Crippen molar-refractivity contribution < 1.29 is 9.21 Å². The van der Waals surface area contributed by atoms with Gasteiger partial charge in [0.15, 0.2) is 0 Å². The van der Waals surface area contributed by atoms with E-state index in [-0.39, 0.29) is 11.7 Å². The number of anilines is 1. The normalized spacial score (nSPS) is 10.7. The average molecular weight is 483 g/mol. The maximum atomic E-state index is 12.1. The first-order chi connectivity index (χ1) is 12.0. The second-order valence-electron chi connectivity index (χ2n) is 5.15. The van der Waals surface area contributed by atoms with Crippen molar-refractivity contribution in [3.63, 3.8) is 0 Å². The van der Waals surface area contributed by atoms with E-state index in [1.165, 1.54) is 11.8 Å². The number of carbonyl (C=O) groups excluding carboxylic acids is 1. The fourth-order valence-electron chi connectivity index (χ4n) is 2.09. The summed E-state index contributed by atoms with van der Waals surface area (Å²) in [5.41, 5.74) is 2.67. The fraction of sp³-hybridized carbons (Fsp3) is 0.118. The minimum atomic E-state index is -0.144. The van der Waals surface area contributed by atoms with Crippen LogP contribution in [0, 0.1) is 6.92 Å². The lowest BCUT2D eigenvalue weighted by Gasteiger charge is -2.05. The summed E-state index contributed by atoms with van der Waals surface area (Å²) in [6.45, 7) is 1.98. The highest BCUT2D eigenvalue weighted by Gasteiger charge is 2.13. The number of nitrogens with zero attached hydrogens (tertiary/aromatic N) is 2. The van der Waals surface area contributed by atoms with Crippen LogP contribution < -0.4 is 5.32 Å². The number of amides is 1. The predicted octanol–water partition coefficient (Wildman–Crippen LogP) is 5.30. The topological polar surface area (TPSA) is 68.0 Å². The van der Waals surface area contributed by atoms with Gasteiger partial charge >= 0.3 is 0 Å². The molecule has 1 heterocycles. The molecule has 2 aromatic carbocycles. The maximum absolute atomic E-state index is 12.1. The van der Waals surface area contributed by atoms with Gasteiger partial charge in [0.05, 0.1) is 5.75 Å². The summed E-state index contributed by atoms with van der Waals surface area (Å²) in [6, 6.07) is 13.3. The average Bonchev–Trinajstić information content (AvgIpc) is 3.05. The summed E-state index contributed by atoms with van der Waals surface area (Å²) in [4.78, 5) is 12.1. The van der Waals surface area contributed by atoms with E-state index < -0.39 is 0 Å². The Morgan fingerprint density at radius 1 is 1.16 bits per heavy atom. The number of benzene rings is 2. The molecular weight excluding hydrogens is 470 g/mol. The van der Waals surface area contributed by atoms with Crippen molar-refractivity contribution in [2.45, 2.75) is 12.1 Å². The van der Waals surface area contributed by atoms with Gasteiger partial charge in [-0.3, -0.25) is 4.79 Å². The molecule has 3 rings (SSSR count). The fourth-order valence-corrected chi connectivity index (χ4v) is 3.28. The summed E-state index contributed by atoms with van der Waals surface area (Å²) in [7, 11) is 0. The molecule has 1 amide bonds. The van der Waals surface area contributed by atoms with E-state index in [9.17, 15) is 4.79 Å². The standard InChI is InChI=1S/C17H13Br2N3O2S/c1-10-4-2-3-5-12(10)16-21-22-17(24-16)25-9-15(23)20-11-6-7-13(18)14(19)8-11/h2-8H,9H2,1H3,(H,20,23). The number of hydrogen-bond donors (Lipinski definition) is 1. The van der Waals surface area contributed by atoms with Crippen LogP contribution in [0.3, 0.4) is 0 Å². The molecule has 0 saturated carbocycles. The molecule has 3 aromatic rings. The number of thioether (sulfide) groups is 1. The lowest BCUT2D eigenvalue weighted by molar-refractivity contribution is -0.113. The van der Waals surface area contributed by atoms with Crippen LogP contribution in [0.15, 0.2) is 61.0 Å². The Labute approximate surface area is 165 Å². The molecule has 1 aromatic heterocycles. The molecule has 0 atom stereocenters. The molecule has 0 aliphatic rings. The Morgan fingerprint density at radius 3 is 2.72 bits per heavy atom. The predicted molar refractivity (Wildman–Crippen MR) is 106 cm³/mol. The summed E-state index contributed by atoms with van der Waals surface area (Å²) in [5, 5.41) is 11.2. The number of halogens is 2. The molecule has 0 radical (unpaired) electrons. The van der Waals surface area contributed by atoms with Crippen LogP contribution in [0.5, 0.6) is 0 Å². The van der Waals surface area contributed by atoms with Crippen LogP contribution in [-0.4, -0.2) is 21.9 Å². The zero-order valence-corrected chi connectivity index (χ0v) is 17.1. The van der Waals surface area contributed by atoms with E-state index in [4.69, 9.17) is 4.42 Å². The van der Waals surface area contributed by atoms with E-state index in [1.54, 1.807) is 0 Å². The van der Waals surface area contributed by atoms with Crippen molar-refractivity contribution in [2.24, 2.45) is 0 Å². The quantitative estimate of drug-likeness (QED) is 0.499. The molecular formula is C17H13Br2N3O2S. The van der Waals surface area contributed by atoms with Crippen molar-refractivity contribution >= 4 is 55.2 Å². The molecule has 0 aliphatic carbocycles. The van der Waals surface area contributed by atoms with E-state index >= 15 is 0 Å². The summed E-state index contributed by atoms with van der Waals surface area (Å²) >= 11 is 8.00. The molecule has 0 spiro atoms. The zero-order valence-electron chi connectivity index (χ0n) is 13.1. The summed E-state index contributed by atoms with van der Waals surface area (Å²) < 4.78 is 7.43. The third-order valence-electron chi connectivity index (χ3n) is 3.31. The minimum absolute atomic E-state index is 0.144. The Morgan fingerprint density at radius 2 is 1.96 bits per heavy atom. The number of rotatable bonds is 5. The highest BCUT2D eigenvalue weighted by Crippen LogP contribution is 2.27. The van der Waals surface area contributed by atoms with Gasteiger partial charge in [0, 0.05) is 20.2 Å². The first-order valence-electron chi connectivity index (χ1n) is 7.30. The highest BCUT2D eigenvalue weighted by atomic mass is 79.9. The molecule has 0 fully saturated rings. The third kappa shape index (κ3) is 4.71. The molecule has 0 bridgehead atoms. The molecule has 0 unspecified atom stereocenters. The van der Waals surface area contributed by atoms with Crippen LogP contribution in [0.1, 0.15) is 5.56 Å². The number of carbonyl (C=O) groups is 1. The monoisotopic (exact) mass is 481 g/mol. The molecule has 128 valence electrons. The minimum Gasteiger partial charge on any atom is -0.411 e. The van der Waals surface area contributed by atoms with Gasteiger partial charge in [-0.25, -0.2) is 0 Å². The van der Waals surface area contributed by atoms with Gasteiger partial charge < -0.3 is 9.73 Å². The van der Waals surface area contributed by atoms with Crippen molar-refractivity contribution in [1.82, 2.24) is 10.2 Å². The number of hydrogen-bond acceptors (Lipinski definition) is 5. The van der Waals surface area contributed by atoms with Crippen LogP contribution in [0.2, 0.25) is 0 Å². The van der Waals surface area contributed by atoms with Gasteiger partial charge in [-0.1, -0.05) is 30.0 Å². The second-order valence-corrected chi connectivity index (χ2v) is 7.79. The first-order valence-corrected chi connectivity index (χ1v) is 9.87. The van der Waals surface area contributed by atoms with Crippen molar-refractivity contribution in [3.8, 4) is 11.5 Å². The lowest BCUT2D eigenvalue weighted by atomic mass is 10.1. The van der Waals surface area contributed by atoms with E-state index in [1.807, 2.05) is 49.4 Å². The smallest absolute Gasteiger partial charge is 0.277 e. The molecule has 0 aliphatic heterocycles. The highest BCUT2D eigenvalue weighted by molar-refractivity contribution is 9.13. The Bertz CT molecular complexity index is 914. The van der Waals surface area contributed by atoms with Gasteiger partial charge in [-0.15, -0.1) is 10.2 Å². The van der Waals surface area contributed by atoms with Crippen LogP contribution in [0.4, 0.5) is 5.69 Å². The van der Waals surface area contributed by atoms with Crippen molar-refractivity contribution in [1.29, 1.82) is 0 Å². The third-order valence-corrected chi connectivity index (χ3v) is 6.01. The van der Waals surface area contributed by atoms with Gasteiger partial charge in [0.2, 0.25) is 11.8 Å². The lowest BCUT2D eigenvalue weighted by Crippen LogP contribution is -2.13. The zero-order chi connectivity index (χ0) is 17.8. The number of nitrogens with one attached hydrogen (secondary N) is 1. The number of aromatic nitrogens is 2. The van der Waals surface area contributed by atoms with Gasteiger partial charge in [-0.2, -0.15) is 0 Å². The molecule has 8 heteroatoms. The van der Waals surface area contributed by atoms with Crippen molar-refractivity contribution in [2.75, 3.05) is 11.1 Å². The summed E-state index contributed by atoms with van der Waals surface area (Å²) in [6.07, 6.45) is 0. The molecule has 0 saturated heterocycles. The maximum Gasteiger partial charge on any atom is 0.277 e. The van der Waals surface area contributed by atoms with E-state index in [0.717, 1.165) is 20.1 Å².